The van der Waals surface area contributed by atoms with Crippen molar-refractivity contribution in [1.29, 1.82) is 0 Å². The van der Waals surface area contributed by atoms with Crippen LogP contribution in [0.2, 0.25) is 0 Å². The van der Waals surface area contributed by atoms with E-state index in [0.717, 1.165) is 23.3 Å². The number of nitrogens with zero attached hydrogens (tertiary/aromatic N) is 2. The Hall–Kier alpha value is -1.84. The van der Waals surface area contributed by atoms with Gasteiger partial charge in [-0.1, -0.05) is 26.7 Å². The summed E-state index contributed by atoms with van der Waals surface area (Å²) in [6.45, 7) is 6.64. The monoisotopic (exact) mass is 286 g/mol. The van der Waals surface area contributed by atoms with E-state index in [1.54, 1.807) is 12.1 Å². The minimum absolute atomic E-state index is 0.218. The summed E-state index contributed by atoms with van der Waals surface area (Å²) in [4.78, 5) is 15.9. The summed E-state index contributed by atoms with van der Waals surface area (Å²) >= 11 is 0. The summed E-state index contributed by atoms with van der Waals surface area (Å²) in [7, 11) is 0. The largest absolute Gasteiger partial charge is 0.478 e. The zero-order valence-corrected chi connectivity index (χ0v) is 12.9. The minimum atomic E-state index is -0.884. The topological polar surface area (TPSA) is 55.1 Å². The van der Waals surface area contributed by atoms with Crippen LogP contribution in [-0.4, -0.2) is 20.6 Å². The Morgan fingerprint density at radius 1 is 1.38 bits per heavy atom. The number of carboxylic acid groups (broad SMARTS) is 1. The highest BCUT2D eigenvalue weighted by Gasteiger charge is 2.35. The van der Waals surface area contributed by atoms with Gasteiger partial charge in [-0.25, -0.2) is 9.78 Å². The molecular weight excluding hydrogens is 264 g/mol. The predicted octanol–water partition coefficient (Wildman–Crippen LogP) is 4.18. The van der Waals surface area contributed by atoms with Crippen LogP contribution in [0.1, 0.15) is 61.8 Å². The Morgan fingerprint density at radius 2 is 2.14 bits per heavy atom. The number of aryl methyl sites for hydroxylation is 1. The maximum Gasteiger partial charge on any atom is 0.335 e. The number of benzene rings is 1. The zero-order chi connectivity index (χ0) is 15.2. The number of hydrogen-bond acceptors (Lipinski definition) is 2. The van der Waals surface area contributed by atoms with Crippen LogP contribution in [0.5, 0.6) is 0 Å². The molecule has 1 atom stereocenters. The van der Waals surface area contributed by atoms with Gasteiger partial charge < -0.3 is 9.67 Å². The van der Waals surface area contributed by atoms with Crippen molar-refractivity contribution in [2.24, 2.45) is 5.41 Å². The summed E-state index contributed by atoms with van der Waals surface area (Å²) in [5.41, 5.74) is 2.39. The smallest absolute Gasteiger partial charge is 0.335 e. The molecule has 1 aliphatic carbocycles. The Labute approximate surface area is 124 Å². The molecule has 112 valence electrons. The highest BCUT2D eigenvalue weighted by molar-refractivity contribution is 5.92. The summed E-state index contributed by atoms with van der Waals surface area (Å²) in [6.07, 6.45) is 4.84. The molecule has 1 N–H and O–H groups in total. The van der Waals surface area contributed by atoms with Crippen molar-refractivity contribution in [2.45, 2.75) is 52.5 Å². The van der Waals surface area contributed by atoms with E-state index in [0.29, 0.717) is 11.6 Å². The van der Waals surface area contributed by atoms with Gasteiger partial charge in [-0.2, -0.15) is 0 Å². The molecule has 0 aliphatic heterocycles. The second kappa shape index (κ2) is 4.86. The summed E-state index contributed by atoms with van der Waals surface area (Å²) < 4.78 is 2.26. The molecule has 0 radical (unpaired) electrons. The quantitative estimate of drug-likeness (QED) is 0.900. The van der Waals surface area contributed by atoms with E-state index in [-0.39, 0.29) is 5.41 Å². The zero-order valence-electron chi connectivity index (χ0n) is 12.9. The van der Waals surface area contributed by atoms with Crippen molar-refractivity contribution in [1.82, 2.24) is 9.55 Å². The lowest BCUT2D eigenvalue weighted by atomic mass is 9.73. The Morgan fingerprint density at radius 3 is 2.81 bits per heavy atom. The van der Waals surface area contributed by atoms with Crippen molar-refractivity contribution in [3.63, 3.8) is 0 Å². The van der Waals surface area contributed by atoms with Gasteiger partial charge in [-0.3, -0.25) is 0 Å². The average molecular weight is 286 g/mol. The maximum atomic E-state index is 11.2. The number of aromatic carboxylic acids is 1. The molecule has 1 aliphatic rings. The van der Waals surface area contributed by atoms with Crippen molar-refractivity contribution in [2.75, 3.05) is 0 Å². The second-order valence-corrected chi connectivity index (χ2v) is 6.79. The third-order valence-electron chi connectivity index (χ3n) is 4.88. The molecule has 0 bridgehead atoms. The number of carbonyl (C=O) groups is 1. The van der Waals surface area contributed by atoms with Gasteiger partial charge in [-0.15, -0.1) is 0 Å². The molecule has 1 saturated carbocycles. The van der Waals surface area contributed by atoms with Gasteiger partial charge in [0.1, 0.15) is 5.82 Å². The molecule has 21 heavy (non-hydrogen) atoms. The number of carboxylic acids is 1. The summed E-state index contributed by atoms with van der Waals surface area (Å²) in [5.74, 6) is 0.0951. The van der Waals surface area contributed by atoms with Crippen LogP contribution in [0.25, 0.3) is 11.0 Å². The summed E-state index contributed by atoms with van der Waals surface area (Å²) in [6, 6.07) is 5.61. The van der Waals surface area contributed by atoms with Gasteiger partial charge >= 0.3 is 5.97 Å². The van der Waals surface area contributed by atoms with Gasteiger partial charge in [0.15, 0.2) is 0 Å². The third-order valence-corrected chi connectivity index (χ3v) is 4.88. The number of hydrogen-bond donors (Lipinski definition) is 1. The second-order valence-electron chi connectivity index (χ2n) is 6.79. The summed E-state index contributed by atoms with van der Waals surface area (Å²) in [5, 5.41) is 9.23. The van der Waals surface area contributed by atoms with E-state index < -0.39 is 5.97 Å². The number of imidazole rings is 1. The van der Waals surface area contributed by atoms with E-state index in [2.05, 4.69) is 23.4 Å². The molecule has 3 rings (SSSR count). The van der Waals surface area contributed by atoms with Crippen molar-refractivity contribution < 1.29 is 9.90 Å². The normalized spacial score (nSPS) is 21.6. The Balaban J connectivity index is 2.18. The van der Waals surface area contributed by atoms with E-state index in [9.17, 15) is 9.90 Å². The molecule has 4 nitrogen and oxygen atoms in total. The van der Waals surface area contributed by atoms with E-state index in [4.69, 9.17) is 0 Å². The standard InChI is InChI=1S/C17H22N2O2/c1-11-18-13-8-7-12(16(20)21)10-14(13)19(11)15-6-4-5-9-17(15,2)3/h7-8,10,15H,4-6,9H2,1-3H3,(H,20,21). The minimum Gasteiger partial charge on any atom is -0.478 e. The van der Waals surface area contributed by atoms with Crippen LogP contribution in [0.15, 0.2) is 18.2 Å². The first-order valence-corrected chi connectivity index (χ1v) is 7.62. The maximum absolute atomic E-state index is 11.2. The van der Waals surface area contributed by atoms with Gasteiger partial charge in [0.25, 0.3) is 0 Å². The Kier molecular flexibility index (Phi) is 3.27. The lowest BCUT2D eigenvalue weighted by Crippen LogP contribution is -2.31. The molecule has 0 amide bonds. The molecule has 0 saturated heterocycles. The average Bonchev–Trinajstić information content (AvgIpc) is 2.73. The lowest BCUT2D eigenvalue weighted by Gasteiger charge is -2.40. The van der Waals surface area contributed by atoms with Crippen molar-refractivity contribution in [3.05, 3.63) is 29.6 Å². The molecule has 1 heterocycles. The molecule has 1 fully saturated rings. The molecular formula is C17H22N2O2. The molecule has 1 aromatic heterocycles. The van der Waals surface area contributed by atoms with Crippen LogP contribution in [0.3, 0.4) is 0 Å². The van der Waals surface area contributed by atoms with Crippen LogP contribution in [-0.2, 0) is 0 Å². The van der Waals surface area contributed by atoms with Gasteiger partial charge in [0.2, 0.25) is 0 Å². The number of fused-ring (bicyclic) bond motifs is 1. The third kappa shape index (κ3) is 2.33. The fourth-order valence-corrected chi connectivity index (χ4v) is 3.69. The van der Waals surface area contributed by atoms with Crippen molar-refractivity contribution >= 4 is 17.0 Å². The fourth-order valence-electron chi connectivity index (χ4n) is 3.69. The molecule has 1 aromatic carbocycles. The first-order chi connectivity index (χ1) is 9.90. The highest BCUT2D eigenvalue weighted by Crippen LogP contribution is 2.45. The van der Waals surface area contributed by atoms with Crippen LogP contribution in [0, 0.1) is 12.3 Å². The van der Waals surface area contributed by atoms with E-state index in [1.165, 1.54) is 19.3 Å². The van der Waals surface area contributed by atoms with Gasteiger partial charge in [-0.05, 0) is 43.4 Å². The van der Waals surface area contributed by atoms with Gasteiger partial charge in [0.05, 0.1) is 16.6 Å². The number of rotatable bonds is 2. The van der Waals surface area contributed by atoms with E-state index in [1.807, 2.05) is 13.0 Å². The molecule has 1 unspecified atom stereocenters. The van der Waals surface area contributed by atoms with E-state index >= 15 is 0 Å². The Bertz CT molecular complexity index is 700. The first-order valence-electron chi connectivity index (χ1n) is 7.62. The SMILES string of the molecule is Cc1nc2ccc(C(=O)O)cc2n1C1CCCCC1(C)C. The van der Waals surface area contributed by atoms with Gasteiger partial charge in [0, 0.05) is 6.04 Å². The molecule has 0 spiro atoms. The van der Waals surface area contributed by atoms with Crippen LogP contribution >= 0.6 is 0 Å². The highest BCUT2D eigenvalue weighted by atomic mass is 16.4. The number of aromatic nitrogens is 2. The first kappa shape index (κ1) is 14.1. The molecule has 2 aromatic rings. The predicted molar refractivity (Wildman–Crippen MR) is 82.7 cm³/mol. The van der Waals surface area contributed by atoms with Crippen LogP contribution in [0.4, 0.5) is 0 Å². The van der Waals surface area contributed by atoms with Crippen molar-refractivity contribution in [3.8, 4) is 0 Å². The lowest BCUT2D eigenvalue weighted by molar-refractivity contribution is 0.0697. The fraction of sp³-hybridized carbons (Fsp3) is 0.529. The van der Waals surface area contributed by atoms with Crippen LogP contribution < -0.4 is 0 Å². The molecule has 4 heteroatoms.